The lowest BCUT2D eigenvalue weighted by Gasteiger charge is -2.07. The van der Waals surface area contributed by atoms with Gasteiger partial charge in [0.15, 0.2) is 15.5 Å². The standard InChI is InChI=1S/C12H13N3S4/c1-7-5-4-6-8(9(7)16)19-12-14-10(17-2)13-11(15-12)18-3/h4-6,16H,1-3H3. The summed E-state index contributed by atoms with van der Waals surface area (Å²) in [7, 11) is 0. The largest absolute Gasteiger partial charge is 0.197 e. The molecule has 0 aliphatic rings. The fraction of sp³-hybridized carbons (Fsp3) is 0.250. The Kier molecular flexibility index (Phi) is 5.44. The molecule has 0 spiro atoms. The Balaban J connectivity index is 2.34. The second-order valence-corrected chi connectivity index (χ2v) is 6.62. The van der Waals surface area contributed by atoms with Crippen LogP contribution in [0.2, 0.25) is 0 Å². The summed E-state index contributed by atoms with van der Waals surface area (Å²) in [4.78, 5) is 15.2. The molecule has 2 rings (SSSR count). The van der Waals surface area contributed by atoms with Crippen molar-refractivity contribution in [3.63, 3.8) is 0 Å². The van der Waals surface area contributed by atoms with Gasteiger partial charge in [-0.3, -0.25) is 0 Å². The summed E-state index contributed by atoms with van der Waals surface area (Å²) in [6.45, 7) is 2.04. The Morgan fingerprint density at radius 2 is 1.53 bits per heavy atom. The molecule has 0 bridgehead atoms. The molecule has 0 N–H and O–H groups in total. The average molecular weight is 328 g/mol. The number of hydrogen-bond acceptors (Lipinski definition) is 7. The van der Waals surface area contributed by atoms with Crippen LogP contribution in [0.3, 0.4) is 0 Å². The minimum Gasteiger partial charge on any atom is -0.196 e. The number of aryl methyl sites for hydroxylation is 1. The highest BCUT2D eigenvalue weighted by atomic mass is 32.2. The Hall–Kier alpha value is -0.370. The molecule has 1 aromatic heterocycles. The first-order chi connectivity index (χ1) is 9.13. The lowest BCUT2D eigenvalue weighted by molar-refractivity contribution is 0.718. The van der Waals surface area contributed by atoms with Crippen LogP contribution in [0.4, 0.5) is 0 Å². The van der Waals surface area contributed by atoms with Gasteiger partial charge in [0.2, 0.25) is 0 Å². The van der Waals surface area contributed by atoms with E-state index < -0.39 is 0 Å². The molecule has 0 atom stereocenters. The van der Waals surface area contributed by atoms with E-state index in [0.29, 0.717) is 5.16 Å². The zero-order valence-electron chi connectivity index (χ0n) is 10.7. The third kappa shape index (κ3) is 3.81. The van der Waals surface area contributed by atoms with Gasteiger partial charge in [-0.1, -0.05) is 35.7 Å². The van der Waals surface area contributed by atoms with Crippen molar-refractivity contribution in [3.8, 4) is 0 Å². The fourth-order valence-corrected chi connectivity index (χ4v) is 3.40. The summed E-state index contributed by atoms with van der Waals surface area (Å²) in [5.41, 5.74) is 1.15. The van der Waals surface area contributed by atoms with Gasteiger partial charge in [-0.2, -0.15) is 15.0 Å². The van der Waals surface area contributed by atoms with Gasteiger partial charge in [0.1, 0.15) is 0 Å². The lowest BCUT2D eigenvalue weighted by Crippen LogP contribution is -1.96. The van der Waals surface area contributed by atoms with Crippen LogP contribution in [-0.4, -0.2) is 27.5 Å². The molecular weight excluding hydrogens is 314 g/mol. The van der Waals surface area contributed by atoms with E-state index in [1.165, 1.54) is 35.3 Å². The summed E-state index contributed by atoms with van der Waals surface area (Å²) in [5, 5.41) is 2.20. The van der Waals surface area contributed by atoms with Crippen LogP contribution < -0.4 is 0 Å². The van der Waals surface area contributed by atoms with E-state index in [0.717, 1.165) is 25.7 Å². The maximum atomic E-state index is 4.54. The number of rotatable bonds is 4. The number of benzene rings is 1. The summed E-state index contributed by atoms with van der Waals surface area (Å²) in [6, 6.07) is 6.09. The second kappa shape index (κ2) is 6.88. The molecule has 0 unspecified atom stereocenters. The van der Waals surface area contributed by atoms with Gasteiger partial charge in [-0.25, -0.2) is 0 Å². The number of nitrogens with zero attached hydrogens (tertiary/aromatic N) is 3. The first-order valence-electron chi connectivity index (χ1n) is 5.44. The van der Waals surface area contributed by atoms with Crippen molar-refractivity contribution in [1.82, 2.24) is 15.0 Å². The van der Waals surface area contributed by atoms with Crippen LogP contribution in [0.5, 0.6) is 0 Å². The number of thiol groups is 1. The van der Waals surface area contributed by atoms with Crippen molar-refractivity contribution >= 4 is 47.9 Å². The maximum Gasteiger partial charge on any atom is 0.197 e. The zero-order chi connectivity index (χ0) is 13.8. The Labute approximate surface area is 131 Å². The number of thioether (sulfide) groups is 2. The summed E-state index contributed by atoms with van der Waals surface area (Å²) >= 11 is 9.10. The predicted octanol–water partition coefficient (Wildman–Crippen LogP) is 4.06. The van der Waals surface area contributed by atoms with Crippen LogP contribution in [0.15, 0.2) is 43.5 Å². The van der Waals surface area contributed by atoms with E-state index in [1.54, 1.807) is 0 Å². The smallest absolute Gasteiger partial charge is 0.196 e. The van der Waals surface area contributed by atoms with Gasteiger partial charge < -0.3 is 0 Å². The second-order valence-electron chi connectivity index (χ2n) is 3.62. The van der Waals surface area contributed by atoms with Crippen molar-refractivity contribution in [2.75, 3.05) is 12.5 Å². The highest BCUT2D eigenvalue weighted by Crippen LogP contribution is 2.33. The predicted molar refractivity (Wildman–Crippen MR) is 85.9 cm³/mol. The third-order valence-corrected chi connectivity index (χ3v) is 5.11. The van der Waals surface area contributed by atoms with Crippen molar-refractivity contribution in [3.05, 3.63) is 23.8 Å². The van der Waals surface area contributed by atoms with E-state index in [2.05, 4.69) is 27.6 Å². The van der Waals surface area contributed by atoms with Gasteiger partial charge in [0.25, 0.3) is 0 Å². The first kappa shape index (κ1) is 15.0. The normalized spacial score (nSPS) is 10.7. The highest BCUT2D eigenvalue weighted by molar-refractivity contribution is 8.00. The van der Waals surface area contributed by atoms with Gasteiger partial charge in [-0.05, 0) is 42.8 Å². The molecule has 19 heavy (non-hydrogen) atoms. The van der Waals surface area contributed by atoms with Crippen molar-refractivity contribution in [2.45, 2.75) is 32.2 Å². The van der Waals surface area contributed by atoms with E-state index in [1.807, 2.05) is 37.6 Å². The third-order valence-electron chi connectivity index (χ3n) is 2.34. The molecule has 2 aromatic rings. The van der Waals surface area contributed by atoms with Gasteiger partial charge >= 0.3 is 0 Å². The minimum atomic E-state index is 0.713. The first-order valence-corrected chi connectivity index (χ1v) is 9.16. The summed E-state index contributed by atoms with van der Waals surface area (Å²) < 4.78 is 0. The van der Waals surface area contributed by atoms with Crippen molar-refractivity contribution < 1.29 is 0 Å². The van der Waals surface area contributed by atoms with E-state index in [9.17, 15) is 0 Å². The molecule has 0 aliphatic heterocycles. The molecule has 1 heterocycles. The van der Waals surface area contributed by atoms with Crippen molar-refractivity contribution in [2.24, 2.45) is 0 Å². The van der Waals surface area contributed by atoms with Gasteiger partial charge in [-0.15, -0.1) is 12.6 Å². The Morgan fingerprint density at radius 3 is 2.11 bits per heavy atom. The number of hydrogen-bond donors (Lipinski definition) is 1. The minimum absolute atomic E-state index is 0.713. The van der Waals surface area contributed by atoms with E-state index in [-0.39, 0.29) is 0 Å². The van der Waals surface area contributed by atoms with Crippen LogP contribution >= 0.6 is 47.9 Å². The van der Waals surface area contributed by atoms with Gasteiger partial charge in [0.05, 0.1) is 0 Å². The maximum absolute atomic E-state index is 4.54. The fourth-order valence-electron chi connectivity index (χ4n) is 1.36. The molecule has 0 amide bonds. The molecule has 1 aromatic carbocycles. The van der Waals surface area contributed by atoms with Crippen LogP contribution in [0, 0.1) is 6.92 Å². The summed E-state index contributed by atoms with van der Waals surface area (Å²) in [6.07, 6.45) is 3.93. The van der Waals surface area contributed by atoms with Crippen LogP contribution in [0.25, 0.3) is 0 Å². The molecule has 100 valence electrons. The molecule has 7 heteroatoms. The molecule has 0 saturated heterocycles. The Morgan fingerprint density at radius 1 is 0.947 bits per heavy atom. The van der Waals surface area contributed by atoms with E-state index >= 15 is 0 Å². The summed E-state index contributed by atoms with van der Waals surface area (Å²) in [5.74, 6) is 0. The molecular formula is C12H13N3S4. The SMILES string of the molecule is CSc1nc(SC)nc(Sc2cccc(C)c2S)n1. The molecule has 0 aliphatic carbocycles. The molecule has 0 fully saturated rings. The zero-order valence-corrected chi connectivity index (χ0v) is 14.1. The monoisotopic (exact) mass is 327 g/mol. The van der Waals surface area contributed by atoms with Gasteiger partial charge in [0, 0.05) is 9.79 Å². The lowest BCUT2D eigenvalue weighted by atomic mass is 10.2. The Bertz CT molecular complexity index is 567. The van der Waals surface area contributed by atoms with Crippen molar-refractivity contribution in [1.29, 1.82) is 0 Å². The highest BCUT2D eigenvalue weighted by Gasteiger charge is 2.09. The van der Waals surface area contributed by atoms with Crippen LogP contribution in [-0.2, 0) is 0 Å². The molecule has 0 radical (unpaired) electrons. The average Bonchev–Trinajstić information content (AvgIpc) is 2.43. The molecule has 3 nitrogen and oxygen atoms in total. The topological polar surface area (TPSA) is 38.7 Å². The van der Waals surface area contributed by atoms with Crippen LogP contribution in [0.1, 0.15) is 5.56 Å². The quantitative estimate of drug-likeness (QED) is 0.674. The van der Waals surface area contributed by atoms with E-state index in [4.69, 9.17) is 0 Å². The molecule has 0 saturated carbocycles. The number of aromatic nitrogens is 3.